The molecule has 4 rings (SSSR count). The van der Waals surface area contributed by atoms with Crippen molar-refractivity contribution in [1.82, 2.24) is 0 Å². The van der Waals surface area contributed by atoms with E-state index in [2.05, 4.69) is 0 Å². The van der Waals surface area contributed by atoms with Crippen molar-refractivity contribution < 1.29 is 64.2 Å². The van der Waals surface area contributed by atoms with E-state index in [0.29, 0.717) is 16.3 Å². The second kappa shape index (κ2) is 16.1. The summed E-state index contributed by atoms with van der Waals surface area (Å²) in [6.45, 7) is -1.59. The van der Waals surface area contributed by atoms with E-state index < -0.39 is 80.1 Å². The van der Waals surface area contributed by atoms with Gasteiger partial charge in [-0.05, 0) is 29.8 Å². The average molecular weight is 673 g/mol. The molecular formula is C30H37ClO13S. The quantitative estimate of drug-likeness (QED) is 0.0632. The van der Waals surface area contributed by atoms with E-state index in [4.69, 9.17) is 47.5 Å². The van der Waals surface area contributed by atoms with Crippen LogP contribution < -0.4 is 0 Å². The number of hydrogen-bond acceptors (Lipinski definition) is 14. The van der Waals surface area contributed by atoms with E-state index in [0.717, 1.165) is 5.56 Å². The Morgan fingerprint density at radius 3 is 2.11 bits per heavy atom. The lowest BCUT2D eigenvalue weighted by Crippen LogP contribution is -2.71. The van der Waals surface area contributed by atoms with E-state index in [1.165, 1.54) is 24.3 Å². The SMILES string of the molecule is O=C(O[C@@]1(CCOCCC(=S)c2ccccc2)[C@H](O)O[C@H](CO)[C@H](O)[C@@H]1O[C@H]1O[C@H](CO)[C@H](O)[C@H](O)[C@H]1O)c1ccc(Cl)cc1. The van der Waals surface area contributed by atoms with Crippen molar-refractivity contribution in [2.45, 2.75) is 73.8 Å². The van der Waals surface area contributed by atoms with Gasteiger partial charge < -0.3 is 59.4 Å². The first-order chi connectivity index (χ1) is 21.5. The Bertz CT molecular complexity index is 1250. The molecule has 2 aromatic rings. The van der Waals surface area contributed by atoms with Crippen molar-refractivity contribution in [3.63, 3.8) is 0 Å². The number of ether oxygens (including phenoxy) is 5. The molecule has 10 atom stereocenters. The van der Waals surface area contributed by atoms with E-state index in [1.54, 1.807) is 0 Å². The van der Waals surface area contributed by atoms with Crippen LogP contribution in [0.5, 0.6) is 0 Å². The van der Waals surface area contributed by atoms with Crippen LogP contribution in [0.2, 0.25) is 5.02 Å². The topological polar surface area (TPSA) is 205 Å². The third-order valence-electron chi connectivity index (χ3n) is 7.77. The van der Waals surface area contributed by atoms with Gasteiger partial charge in [0.2, 0.25) is 0 Å². The maximum absolute atomic E-state index is 13.4. The van der Waals surface area contributed by atoms with E-state index >= 15 is 0 Å². The van der Waals surface area contributed by atoms with Crippen LogP contribution >= 0.6 is 23.8 Å². The Balaban J connectivity index is 1.61. The molecule has 0 saturated carbocycles. The van der Waals surface area contributed by atoms with Crippen molar-refractivity contribution in [2.75, 3.05) is 26.4 Å². The molecule has 2 aliphatic heterocycles. The highest BCUT2D eigenvalue weighted by Crippen LogP contribution is 2.40. The van der Waals surface area contributed by atoms with Gasteiger partial charge in [-0.1, -0.05) is 54.2 Å². The van der Waals surface area contributed by atoms with E-state index in [9.17, 15) is 40.5 Å². The van der Waals surface area contributed by atoms with Gasteiger partial charge in [-0.25, -0.2) is 4.79 Å². The monoisotopic (exact) mass is 672 g/mol. The summed E-state index contributed by atoms with van der Waals surface area (Å²) >= 11 is 11.4. The highest BCUT2D eigenvalue weighted by atomic mass is 35.5. The highest BCUT2D eigenvalue weighted by molar-refractivity contribution is 7.80. The fraction of sp³-hybridized carbons (Fsp3) is 0.533. The number of halogens is 1. The molecule has 2 aliphatic rings. The molecule has 0 aromatic heterocycles. The van der Waals surface area contributed by atoms with Crippen LogP contribution in [0.1, 0.15) is 28.8 Å². The highest BCUT2D eigenvalue weighted by Gasteiger charge is 2.61. The summed E-state index contributed by atoms with van der Waals surface area (Å²) in [6.07, 6.45) is -15.6. The van der Waals surface area contributed by atoms with Gasteiger partial charge in [0.25, 0.3) is 0 Å². The average Bonchev–Trinajstić information content (AvgIpc) is 3.04. The predicted octanol–water partition coefficient (Wildman–Crippen LogP) is -0.294. The predicted molar refractivity (Wildman–Crippen MR) is 160 cm³/mol. The molecule has 0 amide bonds. The molecule has 248 valence electrons. The van der Waals surface area contributed by atoms with Crippen LogP contribution in [0.25, 0.3) is 0 Å². The zero-order valence-electron chi connectivity index (χ0n) is 24.0. The van der Waals surface area contributed by atoms with Crippen LogP contribution in [0, 0.1) is 0 Å². The molecule has 0 spiro atoms. The molecule has 2 aromatic carbocycles. The first kappa shape index (κ1) is 35.7. The molecule has 0 unspecified atom stereocenters. The lowest BCUT2D eigenvalue weighted by atomic mass is 9.83. The van der Waals surface area contributed by atoms with Crippen molar-refractivity contribution in [3.8, 4) is 0 Å². The molecule has 45 heavy (non-hydrogen) atoms. The number of carbonyl (C=O) groups excluding carboxylic acids is 1. The minimum atomic E-state index is -2.25. The van der Waals surface area contributed by atoms with Crippen LogP contribution in [0.3, 0.4) is 0 Å². The zero-order chi connectivity index (χ0) is 32.7. The Hall–Kier alpha value is -2.15. The molecule has 2 heterocycles. The Morgan fingerprint density at radius 1 is 0.822 bits per heavy atom. The maximum Gasteiger partial charge on any atom is 0.338 e. The largest absolute Gasteiger partial charge is 0.447 e. The van der Waals surface area contributed by atoms with Gasteiger partial charge in [0, 0.05) is 22.7 Å². The van der Waals surface area contributed by atoms with Crippen LogP contribution in [-0.2, 0) is 23.7 Å². The van der Waals surface area contributed by atoms with Crippen molar-refractivity contribution in [1.29, 1.82) is 0 Å². The normalized spacial score (nSPS) is 33.5. The van der Waals surface area contributed by atoms with Gasteiger partial charge in [-0.3, -0.25) is 0 Å². The molecule has 7 N–H and O–H groups in total. The summed E-state index contributed by atoms with van der Waals surface area (Å²) in [5.74, 6) is -0.975. The van der Waals surface area contributed by atoms with Crippen LogP contribution in [-0.4, -0.2) is 134 Å². The number of rotatable bonds is 13. The van der Waals surface area contributed by atoms with Gasteiger partial charge in [0.15, 0.2) is 18.2 Å². The van der Waals surface area contributed by atoms with Crippen molar-refractivity contribution in [3.05, 3.63) is 70.7 Å². The molecule has 13 nitrogen and oxygen atoms in total. The van der Waals surface area contributed by atoms with Crippen LogP contribution in [0.4, 0.5) is 0 Å². The lowest BCUT2D eigenvalue weighted by molar-refractivity contribution is -0.380. The zero-order valence-corrected chi connectivity index (χ0v) is 25.6. The van der Waals surface area contributed by atoms with Gasteiger partial charge in [0.1, 0.15) is 42.7 Å². The molecule has 2 fully saturated rings. The molecule has 15 heteroatoms. The summed E-state index contributed by atoms with van der Waals surface area (Å²) < 4.78 is 28.5. The molecule has 0 radical (unpaired) electrons. The number of aliphatic hydroxyl groups is 7. The Morgan fingerprint density at radius 2 is 1.47 bits per heavy atom. The third-order valence-corrected chi connectivity index (χ3v) is 8.46. The number of hydrogen-bond donors (Lipinski definition) is 7. The van der Waals surface area contributed by atoms with Gasteiger partial charge in [0.05, 0.1) is 32.0 Å². The van der Waals surface area contributed by atoms with Crippen molar-refractivity contribution in [2.24, 2.45) is 0 Å². The van der Waals surface area contributed by atoms with Crippen LogP contribution in [0.15, 0.2) is 54.6 Å². The molecule has 0 bridgehead atoms. The summed E-state index contributed by atoms with van der Waals surface area (Å²) in [6, 6.07) is 14.9. The van der Waals surface area contributed by atoms with Gasteiger partial charge in [-0.15, -0.1) is 0 Å². The number of esters is 1. The minimum Gasteiger partial charge on any atom is -0.447 e. The number of thiocarbonyl (C=S) groups is 1. The summed E-state index contributed by atoms with van der Waals surface area (Å²) in [5, 5.41) is 73.6. The Kier molecular flexibility index (Phi) is 12.8. The van der Waals surface area contributed by atoms with E-state index in [-0.39, 0.29) is 25.2 Å². The smallest absolute Gasteiger partial charge is 0.338 e. The molecular weight excluding hydrogens is 636 g/mol. The van der Waals surface area contributed by atoms with E-state index in [1.807, 2.05) is 30.3 Å². The minimum absolute atomic E-state index is 0.0189. The fourth-order valence-electron chi connectivity index (χ4n) is 5.17. The summed E-state index contributed by atoms with van der Waals surface area (Å²) in [7, 11) is 0. The standard InChI is InChI=1S/C30H37ClO13S/c31-18-8-6-17(7-9-18)27(38)44-30(11-13-40-12-10-21(45)16-4-2-1-3-5-16)26(23(35)20(15-33)42-29(30)39)43-28-25(37)24(36)22(34)19(14-32)41-28/h1-9,19-20,22-26,28-29,32-37,39H,10-15H2/t19-,20-,22+,23+,24+,25-,26+,28-,29-,30-/m1/s1. The molecule has 0 aliphatic carbocycles. The number of aliphatic hydroxyl groups excluding tert-OH is 7. The lowest BCUT2D eigenvalue weighted by Gasteiger charge is -2.51. The number of benzene rings is 2. The second-order valence-electron chi connectivity index (χ2n) is 10.7. The first-order valence-corrected chi connectivity index (χ1v) is 15.0. The second-order valence-corrected chi connectivity index (χ2v) is 11.6. The molecule has 2 saturated heterocycles. The number of carbonyl (C=O) groups is 1. The summed E-state index contributed by atoms with van der Waals surface area (Å²) in [5.41, 5.74) is -1.38. The summed E-state index contributed by atoms with van der Waals surface area (Å²) in [4.78, 5) is 14.0. The van der Waals surface area contributed by atoms with Gasteiger partial charge >= 0.3 is 5.97 Å². The fourth-order valence-corrected chi connectivity index (χ4v) is 5.51. The maximum atomic E-state index is 13.4. The van der Waals surface area contributed by atoms with Crippen molar-refractivity contribution >= 4 is 34.7 Å². The Labute approximate surface area is 269 Å². The first-order valence-electron chi connectivity index (χ1n) is 14.3. The van der Waals surface area contributed by atoms with Gasteiger partial charge in [-0.2, -0.15) is 0 Å². The third kappa shape index (κ3) is 8.23.